The van der Waals surface area contributed by atoms with Gasteiger partial charge >= 0.3 is 0 Å². The average molecular weight is 375 g/mol. The molecule has 0 amide bonds. The van der Waals surface area contributed by atoms with Crippen LogP contribution < -0.4 is 5.56 Å². The minimum Gasteiger partial charge on any atom is -0.290 e. The van der Waals surface area contributed by atoms with Crippen molar-refractivity contribution in [3.05, 3.63) is 111 Å². The molecular formula is C22H15ClN2O2. The number of aromatic amines is 1. The van der Waals surface area contributed by atoms with Gasteiger partial charge in [0.25, 0.3) is 5.56 Å². The summed E-state index contributed by atoms with van der Waals surface area (Å²) in [5.74, 6) is -0.368. The Bertz CT molecular complexity index is 1160. The molecule has 3 aromatic carbocycles. The van der Waals surface area contributed by atoms with E-state index < -0.39 is 5.56 Å². The smallest absolute Gasteiger partial charge is 0.283 e. The molecule has 0 atom stereocenters. The van der Waals surface area contributed by atoms with E-state index in [-0.39, 0.29) is 11.3 Å². The number of benzene rings is 3. The summed E-state index contributed by atoms with van der Waals surface area (Å²) in [5.41, 5.74) is 1.96. The molecular weight excluding hydrogens is 360 g/mol. The van der Waals surface area contributed by atoms with Crippen LogP contribution in [0, 0.1) is 0 Å². The molecule has 0 unspecified atom stereocenters. The predicted molar refractivity (Wildman–Crippen MR) is 107 cm³/mol. The Balaban J connectivity index is 1.95. The van der Waals surface area contributed by atoms with E-state index in [1.165, 1.54) is 4.68 Å². The molecule has 0 spiro atoms. The minimum atomic E-state index is -0.398. The van der Waals surface area contributed by atoms with E-state index in [9.17, 15) is 9.59 Å². The zero-order valence-electron chi connectivity index (χ0n) is 14.2. The fraction of sp³-hybridized carbons (Fsp3) is 0. The van der Waals surface area contributed by atoms with Gasteiger partial charge < -0.3 is 0 Å². The Hall–Kier alpha value is -3.37. The summed E-state index contributed by atoms with van der Waals surface area (Å²) < 4.78 is 1.39. The highest BCUT2D eigenvalue weighted by atomic mass is 35.5. The van der Waals surface area contributed by atoms with Gasteiger partial charge in [0, 0.05) is 16.1 Å². The third-order valence-corrected chi connectivity index (χ3v) is 4.52. The number of ketones is 1. The van der Waals surface area contributed by atoms with Crippen LogP contribution >= 0.6 is 11.6 Å². The highest BCUT2D eigenvalue weighted by Crippen LogP contribution is 2.23. The monoisotopic (exact) mass is 374 g/mol. The van der Waals surface area contributed by atoms with Crippen LogP contribution in [0.1, 0.15) is 15.9 Å². The number of carbonyl (C=O) groups is 1. The second-order valence-corrected chi connectivity index (χ2v) is 6.48. The summed E-state index contributed by atoms with van der Waals surface area (Å²) in [7, 11) is 0. The third-order valence-electron chi connectivity index (χ3n) is 4.28. The first-order valence-corrected chi connectivity index (χ1v) is 8.79. The topological polar surface area (TPSA) is 54.9 Å². The fourth-order valence-electron chi connectivity index (χ4n) is 2.99. The molecule has 1 aromatic heterocycles. The van der Waals surface area contributed by atoms with Crippen LogP contribution in [0.15, 0.2) is 89.7 Å². The fourth-order valence-corrected chi connectivity index (χ4v) is 3.18. The van der Waals surface area contributed by atoms with Gasteiger partial charge in [0.2, 0.25) is 5.78 Å². The van der Waals surface area contributed by atoms with Crippen LogP contribution in [0.4, 0.5) is 0 Å². The highest BCUT2D eigenvalue weighted by molar-refractivity contribution is 6.31. The predicted octanol–water partition coefficient (Wildman–Crippen LogP) is 4.72. The molecule has 27 heavy (non-hydrogen) atoms. The molecule has 0 aliphatic carbocycles. The Morgan fingerprint density at radius 3 is 2.19 bits per heavy atom. The first-order valence-electron chi connectivity index (χ1n) is 8.41. The lowest BCUT2D eigenvalue weighted by Crippen LogP contribution is -2.20. The number of aromatic nitrogens is 2. The van der Waals surface area contributed by atoms with E-state index in [0.29, 0.717) is 22.0 Å². The van der Waals surface area contributed by atoms with Crippen molar-refractivity contribution in [3.63, 3.8) is 0 Å². The van der Waals surface area contributed by atoms with Crippen molar-refractivity contribution in [2.24, 2.45) is 0 Å². The molecule has 0 aliphatic rings. The summed E-state index contributed by atoms with van der Waals surface area (Å²) in [5, 5.41) is 3.54. The molecule has 0 saturated carbocycles. The van der Waals surface area contributed by atoms with Crippen molar-refractivity contribution < 1.29 is 4.79 Å². The lowest BCUT2D eigenvalue weighted by molar-refractivity contribution is 0.103. The molecule has 4 rings (SSSR count). The average Bonchev–Trinajstić information content (AvgIpc) is 3.06. The SMILES string of the molecule is O=C(c1cccc(Cl)c1)c1c(-c2ccccc2)[nH]n(-c2ccccc2)c1=O. The van der Waals surface area contributed by atoms with E-state index in [1.807, 2.05) is 48.5 Å². The number of halogens is 1. The maximum atomic E-state index is 13.2. The Morgan fingerprint density at radius 2 is 1.52 bits per heavy atom. The van der Waals surface area contributed by atoms with Crippen LogP contribution in [-0.2, 0) is 0 Å². The largest absolute Gasteiger partial charge is 0.290 e. The molecule has 132 valence electrons. The van der Waals surface area contributed by atoms with Crippen LogP contribution in [0.2, 0.25) is 5.02 Å². The minimum absolute atomic E-state index is 0.0901. The van der Waals surface area contributed by atoms with Gasteiger partial charge in [-0.2, -0.15) is 0 Å². The molecule has 1 heterocycles. The zero-order chi connectivity index (χ0) is 18.8. The van der Waals surface area contributed by atoms with Gasteiger partial charge in [-0.25, -0.2) is 4.68 Å². The third kappa shape index (κ3) is 3.23. The number of nitrogens with zero attached hydrogens (tertiary/aromatic N) is 1. The van der Waals surface area contributed by atoms with Gasteiger partial charge in [-0.1, -0.05) is 72.3 Å². The lowest BCUT2D eigenvalue weighted by atomic mass is 10.0. The van der Waals surface area contributed by atoms with Crippen molar-refractivity contribution in [2.45, 2.75) is 0 Å². The van der Waals surface area contributed by atoms with Crippen molar-refractivity contribution in [1.29, 1.82) is 0 Å². The van der Waals surface area contributed by atoms with E-state index in [2.05, 4.69) is 5.10 Å². The van der Waals surface area contributed by atoms with Crippen molar-refractivity contribution in [3.8, 4) is 16.9 Å². The Morgan fingerprint density at radius 1 is 0.852 bits per heavy atom. The van der Waals surface area contributed by atoms with Gasteiger partial charge in [0.15, 0.2) is 0 Å². The van der Waals surface area contributed by atoms with Crippen molar-refractivity contribution in [1.82, 2.24) is 9.78 Å². The van der Waals surface area contributed by atoms with Crippen molar-refractivity contribution in [2.75, 3.05) is 0 Å². The van der Waals surface area contributed by atoms with Crippen LogP contribution in [0.3, 0.4) is 0 Å². The number of hydrogen-bond donors (Lipinski definition) is 1. The lowest BCUT2D eigenvalue weighted by Gasteiger charge is -2.03. The molecule has 4 nitrogen and oxygen atoms in total. The van der Waals surface area contributed by atoms with E-state index in [4.69, 9.17) is 11.6 Å². The summed E-state index contributed by atoms with van der Waals surface area (Å²) >= 11 is 6.03. The van der Waals surface area contributed by atoms with Crippen LogP contribution in [0.5, 0.6) is 0 Å². The van der Waals surface area contributed by atoms with E-state index in [1.54, 1.807) is 36.4 Å². The summed E-state index contributed by atoms with van der Waals surface area (Å²) in [6, 6.07) is 25.1. The normalized spacial score (nSPS) is 10.7. The summed E-state index contributed by atoms with van der Waals surface area (Å²) in [6.45, 7) is 0. The standard InChI is InChI=1S/C22H15ClN2O2/c23-17-11-7-10-16(14-17)21(26)19-20(15-8-3-1-4-9-15)24-25(22(19)27)18-12-5-2-6-13-18/h1-14,24H. The zero-order valence-corrected chi connectivity index (χ0v) is 15.0. The molecule has 0 fully saturated rings. The number of nitrogens with one attached hydrogen (secondary N) is 1. The van der Waals surface area contributed by atoms with Crippen molar-refractivity contribution >= 4 is 17.4 Å². The molecule has 0 saturated heterocycles. The number of rotatable bonds is 4. The van der Waals surface area contributed by atoms with E-state index >= 15 is 0 Å². The maximum Gasteiger partial charge on any atom is 0.283 e. The first kappa shape index (κ1) is 17.1. The summed E-state index contributed by atoms with van der Waals surface area (Å²) in [6.07, 6.45) is 0. The quantitative estimate of drug-likeness (QED) is 0.525. The molecule has 1 N–H and O–H groups in total. The number of carbonyl (C=O) groups excluding carboxylic acids is 1. The highest BCUT2D eigenvalue weighted by Gasteiger charge is 2.24. The van der Waals surface area contributed by atoms with Crippen LogP contribution in [-0.4, -0.2) is 15.6 Å². The van der Waals surface area contributed by atoms with Gasteiger partial charge in [-0.05, 0) is 24.3 Å². The number of hydrogen-bond acceptors (Lipinski definition) is 2. The Kier molecular flexibility index (Phi) is 4.48. The number of para-hydroxylation sites is 1. The molecule has 0 aliphatic heterocycles. The second-order valence-electron chi connectivity index (χ2n) is 6.04. The number of H-pyrrole nitrogens is 1. The molecule has 5 heteroatoms. The Labute approximate surface area is 160 Å². The first-order chi connectivity index (χ1) is 13.1. The van der Waals surface area contributed by atoms with Gasteiger partial charge in [0.1, 0.15) is 5.56 Å². The summed E-state index contributed by atoms with van der Waals surface area (Å²) in [4.78, 5) is 26.3. The van der Waals surface area contributed by atoms with E-state index in [0.717, 1.165) is 5.56 Å². The van der Waals surface area contributed by atoms with Crippen LogP contribution in [0.25, 0.3) is 16.9 Å². The second kappa shape index (κ2) is 7.09. The molecule has 0 radical (unpaired) electrons. The van der Waals surface area contributed by atoms with Gasteiger partial charge in [-0.15, -0.1) is 0 Å². The van der Waals surface area contributed by atoms with Gasteiger partial charge in [-0.3, -0.25) is 14.7 Å². The van der Waals surface area contributed by atoms with Gasteiger partial charge in [0.05, 0.1) is 11.4 Å². The molecule has 0 bridgehead atoms. The molecule has 4 aromatic rings. The maximum absolute atomic E-state index is 13.2.